The normalized spacial score (nSPS) is 13.4. The number of benzene rings is 2. The summed E-state index contributed by atoms with van der Waals surface area (Å²) in [5.41, 5.74) is 6.92. The lowest BCUT2D eigenvalue weighted by Gasteiger charge is -2.17. The quantitative estimate of drug-likeness (QED) is 0.637. The number of aryl methyl sites for hydroxylation is 2. The number of fused-ring (bicyclic) bond motifs is 3. The number of rotatable bonds is 6. The molecule has 0 fully saturated rings. The molecule has 0 bridgehead atoms. The number of nitrogens with zero attached hydrogens (tertiary/aromatic N) is 2. The summed E-state index contributed by atoms with van der Waals surface area (Å²) in [6.45, 7) is 3.84. The van der Waals surface area contributed by atoms with Gasteiger partial charge in [0.2, 0.25) is 0 Å². The number of carbonyl (C=O) groups is 2. The average Bonchev–Trinajstić information content (AvgIpc) is 3.20. The van der Waals surface area contributed by atoms with E-state index in [4.69, 9.17) is 4.74 Å². The standard InChI is InChI=1S/C24H25N3O4/c1-14-20(15(2)27(3)26-14)12-22(23(28)29)25-24(30)31-13-21-18-10-6-4-8-16(18)17-9-5-7-11-19(17)21/h4-11,21-22H,12-13H2,1-3H3,(H,25,30)(H,28,29). The van der Waals surface area contributed by atoms with Crippen molar-refractivity contribution in [2.75, 3.05) is 6.61 Å². The maximum atomic E-state index is 12.5. The minimum atomic E-state index is -1.11. The molecule has 1 atom stereocenters. The molecule has 0 spiro atoms. The van der Waals surface area contributed by atoms with E-state index in [9.17, 15) is 14.7 Å². The highest BCUT2D eigenvalue weighted by Crippen LogP contribution is 2.44. The number of carboxylic acids is 1. The summed E-state index contributed by atoms with van der Waals surface area (Å²) in [4.78, 5) is 24.2. The van der Waals surface area contributed by atoms with E-state index in [1.54, 1.807) is 11.7 Å². The highest BCUT2D eigenvalue weighted by atomic mass is 16.5. The number of aliphatic carboxylic acids is 1. The number of alkyl carbamates (subject to hydrolysis) is 1. The van der Waals surface area contributed by atoms with Crippen molar-refractivity contribution in [2.45, 2.75) is 32.2 Å². The molecule has 1 aliphatic rings. The van der Waals surface area contributed by atoms with E-state index >= 15 is 0 Å². The summed E-state index contributed by atoms with van der Waals surface area (Å²) in [5, 5.41) is 16.4. The van der Waals surface area contributed by atoms with Gasteiger partial charge in [0.25, 0.3) is 0 Å². The van der Waals surface area contributed by atoms with Crippen LogP contribution >= 0.6 is 0 Å². The van der Waals surface area contributed by atoms with Crippen LogP contribution in [-0.2, 0) is 23.0 Å². The Kier molecular flexibility index (Phi) is 5.50. The van der Waals surface area contributed by atoms with Crippen LogP contribution in [0.1, 0.15) is 34.0 Å². The zero-order chi connectivity index (χ0) is 22.1. The van der Waals surface area contributed by atoms with Crippen LogP contribution in [0.3, 0.4) is 0 Å². The van der Waals surface area contributed by atoms with Crippen molar-refractivity contribution in [3.8, 4) is 11.1 Å². The molecule has 31 heavy (non-hydrogen) atoms. The van der Waals surface area contributed by atoms with Crippen molar-refractivity contribution >= 4 is 12.1 Å². The molecule has 2 N–H and O–H groups in total. The Morgan fingerprint density at radius 3 is 2.19 bits per heavy atom. The van der Waals surface area contributed by atoms with E-state index in [0.29, 0.717) is 0 Å². The van der Waals surface area contributed by atoms with Crippen molar-refractivity contribution in [1.82, 2.24) is 15.1 Å². The summed E-state index contributed by atoms with van der Waals surface area (Å²) in [6.07, 6.45) is -0.598. The van der Waals surface area contributed by atoms with E-state index in [2.05, 4.69) is 22.5 Å². The van der Waals surface area contributed by atoms with Gasteiger partial charge in [0.05, 0.1) is 5.69 Å². The van der Waals surface area contributed by atoms with Gasteiger partial charge in [-0.2, -0.15) is 5.10 Å². The highest BCUT2D eigenvalue weighted by molar-refractivity contribution is 5.81. The first-order valence-electron chi connectivity index (χ1n) is 10.2. The molecule has 4 rings (SSSR count). The Morgan fingerprint density at radius 1 is 1.10 bits per heavy atom. The van der Waals surface area contributed by atoms with Crippen molar-refractivity contribution in [3.05, 3.63) is 76.6 Å². The molecule has 1 aliphatic carbocycles. The Labute approximate surface area is 180 Å². The van der Waals surface area contributed by atoms with Crippen LogP contribution in [0.5, 0.6) is 0 Å². The number of amides is 1. The number of ether oxygens (including phenoxy) is 1. The lowest BCUT2D eigenvalue weighted by molar-refractivity contribution is -0.139. The Bertz CT molecular complexity index is 1110. The molecule has 1 heterocycles. The monoisotopic (exact) mass is 419 g/mol. The fourth-order valence-electron chi connectivity index (χ4n) is 4.30. The maximum Gasteiger partial charge on any atom is 0.407 e. The summed E-state index contributed by atoms with van der Waals surface area (Å²) in [7, 11) is 1.81. The predicted molar refractivity (Wildman–Crippen MR) is 116 cm³/mol. The number of carbonyl (C=O) groups excluding carboxylic acids is 1. The number of hydrogen-bond acceptors (Lipinski definition) is 4. The van der Waals surface area contributed by atoms with Crippen LogP contribution in [0.15, 0.2) is 48.5 Å². The molecule has 3 aromatic rings. The zero-order valence-corrected chi connectivity index (χ0v) is 17.8. The maximum absolute atomic E-state index is 12.5. The minimum Gasteiger partial charge on any atom is -0.480 e. The van der Waals surface area contributed by atoms with Crippen molar-refractivity contribution in [3.63, 3.8) is 0 Å². The number of hydrogen-bond donors (Lipinski definition) is 2. The summed E-state index contributed by atoms with van der Waals surface area (Å²) < 4.78 is 7.19. The predicted octanol–water partition coefficient (Wildman–Crippen LogP) is 3.57. The van der Waals surface area contributed by atoms with Gasteiger partial charge in [0.15, 0.2) is 0 Å². The highest BCUT2D eigenvalue weighted by Gasteiger charge is 2.30. The molecular weight excluding hydrogens is 394 g/mol. The minimum absolute atomic E-state index is 0.0794. The number of aromatic nitrogens is 2. The van der Waals surface area contributed by atoms with Gasteiger partial charge in [-0.1, -0.05) is 48.5 Å². The molecule has 7 heteroatoms. The second-order valence-electron chi connectivity index (χ2n) is 7.84. The molecule has 7 nitrogen and oxygen atoms in total. The first-order chi connectivity index (χ1) is 14.9. The smallest absolute Gasteiger partial charge is 0.407 e. The third-order valence-corrected chi connectivity index (χ3v) is 6.00. The Balaban J connectivity index is 1.45. The third-order valence-electron chi connectivity index (χ3n) is 6.00. The van der Waals surface area contributed by atoms with Gasteiger partial charge in [-0.05, 0) is 41.7 Å². The van der Waals surface area contributed by atoms with E-state index in [0.717, 1.165) is 39.2 Å². The van der Waals surface area contributed by atoms with Gasteiger partial charge in [0.1, 0.15) is 12.6 Å². The van der Waals surface area contributed by atoms with Gasteiger partial charge in [-0.15, -0.1) is 0 Å². The lowest BCUT2D eigenvalue weighted by Crippen LogP contribution is -2.43. The third kappa shape index (κ3) is 3.91. The van der Waals surface area contributed by atoms with Gasteiger partial charge in [0, 0.05) is 25.1 Å². The van der Waals surface area contributed by atoms with Crippen molar-refractivity contribution in [2.24, 2.45) is 7.05 Å². The fourth-order valence-corrected chi connectivity index (χ4v) is 4.30. The molecule has 1 amide bonds. The SMILES string of the molecule is Cc1nn(C)c(C)c1CC(NC(=O)OCC1c2ccccc2-c2ccccc21)C(=O)O. The molecule has 1 unspecified atom stereocenters. The van der Waals surface area contributed by atoms with Crippen LogP contribution in [0.4, 0.5) is 4.79 Å². The van der Waals surface area contributed by atoms with Gasteiger partial charge in [-0.3, -0.25) is 4.68 Å². The molecule has 0 saturated heterocycles. The summed E-state index contributed by atoms with van der Waals surface area (Å²) >= 11 is 0. The van der Waals surface area contributed by atoms with Crippen LogP contribution in [-0.4, -0.2) is 39.6 Å². The van der Waals surface area contributed by atoms with Crippen LogP contribution in [0.2, 0.25) is 0 Å². The first kappa shape index (κ1) is 20.7. The lowest BCUT2D eigenvalue weighted by atomic mass is 9.98. The topological polar surface area (TPSA) is 93.5 Å². The second-order valence-corrected chi connectivity index (χ2v) is 7.84. The molecule has 160 valence electrons. The Morgan fingerprint density at radius 2 is 1.68 bits per heavy atom. The molecule has 1 aromatic heterocycles. The average molecular weight is 419 g/mol. The summed E-state index contributed by atoms with van der Waals surface area (Å²) in [5.74, 6) is -1.19. The van der Waals surface area contributed by atoms with Gasteiger partial charge in [-0.25, -0.2) is 9.59 Å². The molecule has 0 radical (unpaired) electrons. The number of nitrogens with one attached hydrogen (secondary N) is 1. The summed E-state index contributed by atoms with van der Waals surface area (Å²) in [6, 6.07) is 15.0. The molecule has 0 saturated carbocycles. The van der Waals surface area contributed by atoms with Gasteiger partial charge >= 0.3 is 12.1 Å². The molecular formula is C24H25N3O4. The fraction of sp³-hybridized carbons (Fsp3) is 0.292. The second kappa shape index (κ2) is 8.26. The zero-order valence-electron chi connectivity index (χ0n) is 17.8. The van der Waals surface area contributed by atoms with Gasteiger partial charge < -0.3 is 15.2 Å². The van der Waals surface area contributed by atoms with E-state index in [1.807, 2.05) is 50.2 Å². The molecule has 2 aromatic carbocycles. The first-order valence-corrected chi connectivity index (χ1v) is 10.2. The van der Waals surface area contributed by atoms with Crippen LogP contribution < -0.4 is 5.32 Å². The van der Waals surface area contributed by atoms with Crippen LogP contribution in [0.25, 0.3) is 11.1 Å². The largest absolute Gasteiger partial charge is 0.480 e. The molecule has 0 aliphatic heterocycles. The van der Waals surface area contributed by atoms with Crippen molar-refractivity contribution in [1.29, 1.82) is 0 Å². The van der Waals surface area contributed by atoms with Crippen LogP contribution in [0, 0.1) is 13.8 Å². The van der Waals surface area contributed by atoms with E-state index in [1.165, 1.54) is 0 Å². The Hall–Kier alpha value is -3.61. The van der Waals surface area contributed by atoms with Crippen molar-refractivity contribution < 1.29 is 19.4 Å². The number of carboxylic acid groups (broad SMARTS) is 1. The van der Waals surface area contributed by atoms with E-state index < -0.39 is 18.1 Å². The van der Waals surface area contributed by atoms with E-state index in [-0.39, 0.29) is 18.9 Å².